The summed E-state index contributed by atoms with van der Waals surface area (Å²) in [5, 5.41) is 8.18. The molecule has 3 heteroatoms. The van der Waals surface area contributed by atoms with Crippen LogP contribution in [0.5, 0.6) is 0 Å². The molecule has 0 aliphatic rings. The first kappa shape index (κ1) is 24.3. The predicted molar refractivity (Wildman–Crippen MR) is 176 cm³/mol. The average molecular weight is 598 g/mol. The zero-order valence-corrected chi connectivity index (χ0v) is 24.6. The first-order valence-corrected chi connectivity index (χ1v) is 16.7. The molecule has 0 aliphatic heterocycles. The molecule has 0 spiro atoms. The molecule has 7 aromatic rings. The van der Waals surface area contributed by atoms with Crippen molar-refractivity contribution >= 4 is 76.3 Å². The highest BCUT2D eigenvalue weighted by atomic mass is 79.9. The second kappa shape index (κ2) is 10.1. The number of hydrogen-bond acceptors (Lipinski definition) is 1. The van der Waals surface area contributed by atoms with Crippen molar-refractivity contribution in [2.45, 2.75) is 0 Å². The van der Waals surface area contributed by atoms with Crippen LogP contribution < -0.4 is 20.7 Å². The maximum Gasteiger partial charge on any atom is 0.179 e. The zero-order chi connectivity index (χ0) is 26.2. The number of rotatable bonds is 5. The van der Waals surface area contributed by atoms with E-state index in [0.717, 1.165) is 4.47 Å². The van der Waals surface area contributed by atoms with Crippen molar-refractivity contribution in [3.63, 3.8) is 0 Å². The minimum atomic E-state index is -2.62. The Labute approximate surface area is 242 Å². The summed E-state index contributed by atoms with van der Waals surface area (Å²) < 4.78 is 3.79. The molecule has 0 saturated heterocycles. The first-order chi connectivity index (χ1) is 19.2. The van der Waals surface area contributed by atoms with Gasteiger partial charge in [0, 0.05) is 24.6 Å². The highest BCUT2D eigenvalue weighted by Crippen LogP contribution is 2.39. The number of benzene rings is 6. The van der Waals surface area contributed by atoms with Crippen molar-refractivity contribution in [1.82, 2.24) is 0 Å². The van der Waals surface area contributed by atoms with E-state index in [9.17, 15) is 0 Å². The zero-order valence-electron chi connectivity index (χ0n) is 21.2. The molecule has 0 radical (unpaired) electrons. The molecule has 6 aromatic carbocycles. The maximum atomic E-state index is 3.79. The Hall–Kier alpha value is -3.76. The van der Waals surface area contributed by atoms with Gasteiger partial charge in [0.15, 0.2) is 8.07 Å². The van der Waals surface area contributed by atoms with Crippen LogP contribution in [0.2, 0.25) is 0 Å². The molecule has 0 N–H and O–H groups in total. The average Bonchev–Trinajstić information content (AvgIpc) is 3.38. The van der Waals surface area contributed by atoms with Crippen LogP contribution >= 0.6 is 27.3 Å². The van der Waals surface area contributed by atoms with Crippen LogP contribution in [0, 0.1) is 0 Å². The molecule has 0 saturated carbocycles. The minimum absolute atomic E-state index is 1.11. The first-order valence-electron chi connectivity index (χ1n) is 13.1. The third kappa shape index (κ3) is 4.09. The predicted octanol–water partition coefficient (Wildman–Crippen LogP) is 7.86. The van der Waals surface area contributed by atoms with Crippen molar-refractivity contribution < 1.29 is 0 Å². The largest absolute Gasteiger partial charge is 0.179 e. The Morgan fingerprint density at radius 2 is 1.03 bits per heavy atom. The summed E-state index contributed by atoms with van der Waals surface area (Å²) >= 11 is 5.68. The van der Waals surface area contributed by atoms with E-state index in [4.69, 9.17) is 0 Å². The van der Waals surface area contributed by atoms with Gasteiger partial charge in [-0.3, -0.25) is 0 Å². The van der Waals surface area contributed by atoms with Gasteiger partial charge in [-0.1, -0.05) is 149 Å². The molecule has 0 nitrogen and oxygen atoms in total. The van der Waals surface area contributed by atoms with Gasteiger partial charge >= 0.3 is 0 Å². The molecule has 0 unspecified atom stereocenters. The smallest absolute Gasteiger partial charge is 0.135 e. The van der Waals surface area contributed by atoms with E-state index in [1.165, 1.54) is 52.0 Å². The topological polar surface area (TPSA) is 0 Å². The van der Waals surface area contributed by atoms with E-state index in [1.807, 2.05) is 11.3 Å². The summed E-state index contributed by atoms with van der Waals surface area (Å²) in [7, 11) is -2.62. The molecule has 0 aliphatic carbocycles. The molecule has 0 fully saturated rings. The standard InChI is InChI=1S/C36H25BrSSi/c37-27-13-10-19-31(25-27)39(28-14-3-1-4-15-28,29-16-5-2-6-17-29)30-18-9-12-26(24-30)32-21-11-22-34-33-20-7-8-23-35(33)38-36(32)34/h1-25H. The van der Waals surface area contributed by atoms with Gasteiger partial charge in [0.05, 0.1) is 0 Å². The number of fused-ring (bicyclic) bond motifs is 3. The molecule has 7 rings (SSSR count). The molecule has 1 heterocycles. The van der Waals surface area contributed by atoms with E-state index < -0.39 is 8.07 Å². The lowest BCUT2D eigenvalue weighted by Crippen LogP contribution is -2.74. The van der Waals surface area contributed by atoms with Crippen molar-refractivity contribution in [1.29, 1.82) is 0 Å². The second-order valence-electron chi connectivity index (χ2n) is 9.85. The molecule has 0 amide bonds. The number of halogens is 1. The van der Waals surface area contributed by atoms with Gasteiger partial charge in [-0.2, -0.15) is 0 Å². The van der Waals surface area contributed by atoms with E-state index in [1.54, 1.807) is 0 Å². The SMILES string of the molecule is Brc1cccc([Si](c2ccccc2)(c2ccccc2)c2cccc(-c3cccc4c3sc3ccccc34)c2)c1. The third-order valence-electron chi connectivity index (χ3n) is 7.68. The molecule has 186 valence electrons. The molecule has 0 bridgehead atoms. The van der Waals surface area contributed by atoms with E-state index in [-0.39, 0.29) is 0 Å². The van der Waals surface area contributed by atoms with Crippen LogP contribution in [0.15, 0.2) is 156 Å². The Bertz CT molecular complexity index is 1890. The van der Waals surface area contributed by atoms with Crippen LogP contribution in [0.25, 0.3) is 31.3 Å². The monoisotopic (exact) mass is 596 g/mol. The summed E-state index contributed by atoms with van der Waals surface area (Å²) in [5.41, 5.74) is 2.57. The quantitative estimate of drug-likeness (QED) is 0.140. The minimum Gasteiger partial charge on any atom is -0.135 e. The third-order valence-corrected chi connectivity index (χ3v) is 14.1. The highest BCUT2D eigenvalue weighted by molar-refractivity contribution is 9.10. The van der Waals surface area contributed by atoms with Crippen LogP contribution in [0.3, 0.4) is 0 Å². The fourth-order valence-electron chi connectivity index (χ4n) is 5.99. The Morgan fingerprint density at radius 3 is 1.74 bits per heavy atom. The number of hydrogen-bond donors (Lipinski definition) is 0. The summed E-state index contributed by atoms with van der Waals surface area (Å²) in [6, 6.07) is 56.0. The molecular formula is C36H25BrSSi. The van der Waals surface area contributed by atoms with Gasteiger partial charge in [0.1, 0.15) is 0 Å². The lowest BCUT2D eigenvalue weighted by atomic mass is 10.0. The van der Waals surface area contributed by atoms with Crippen molar-refractivity contribution in [2.75, 3.05) is 0 Å². The lowest BCUT2D eigenvalue weighted by molar-refractivity contribution is 1.64. The van der Waals surface area contributed by atoms with Gasteiger partial charge in [0.25, 0.3) is 0 Å². The Kier molecular flexibility index (Phi) is 6.28. The van der Waals surface area contributed by atoms with E-state index >= 15 is 0 Å². The fraction of sp³-hybridized carbons (Fsp3) is 0. The van der Waals surface area contributed by atoms with Gasteiger partial charge in [-0.25, -0.2) is 0 Å². The van der Waals surface area contributed by atoms with E-state index in [2.05, 4.69) is 168 Å². The molecule has 1 aromatic heterocycles. The normalized spacial score (nSPS) is 11.7. The summed E-state index contributed by atoms with van der Waals surface area (Å²) in [5.74, 6) is 0. The summed E-state index contributed by atoms with van der Waals surface area (Å²) in [4.78, 5) is 0. The van der Waals surface area contributed by atoms with Gasteiger partial charge in [-0.05, 0) is 50.1 Å². The van der Waals surface area contributed by atoms with Gasteiger partial charge in [0.2, 0.25) is 0 Å². The van der Waals surface area contributed by atoms with Crippen molar-refractivity contribution in [2.24, 2.45) is 0 Å². The molecule has 0 atom stereocenters. The second-order valence-corrected chi connectivity index (χ2v) is 15.6. The van der Waals surface area contributed by atoms with Crippen molar-refractivity contribution in [3.8, 4) is 11.1 Å². The van der Waals surface area contributed by atoms with E-state index in [0.29, 0.717) is 0 Å². The van der Waals surface area contributed by atoms with Crippen LogP contribution in [0.4, 0.5) is 0 Å². The number of thiophene rings is 1. The van der Waals surface area contributed by atoms with Gasteiger partial charge in [-0.15, -0.1) is 11.3 Å². The Balaban J connectivity index is 1.54. The van der Waals surface area contributed by atoms with Crippen molar-refractivity contribution in [3.05, 3.63) is 156 Å². The lowest BCUT2D eigenvalue weighted by Gasteiger charge is -2.34. The van der Waals surface area contributed by atoms with Gasteiger partial charge < -0.3 is 0 Å². The Morgan fingerprint density at radius 1 is 0.462 bits per heavy atom. The molecule has 39 heavy (non-hydrogen) atoms. The molecular weight excluding hydrogens is 572 g/mol. The van der Waals surface area contributed by atoms with Crippen LogP contribution in [0.1, 0.15) is 0 Å². The maximum absolute atomic E-state index is 3.79. The summed E-state index contributed by atoms with van der Waals surface area (Å²) in [6.07, 6.45) is 0. The van der Waals surface area contributed by atoms with Crippen LogP contribution in [-0.2, 0) is 0 Å². The van der Waals surface area contributed by atoms with Crippen LogP contribution in [-0.4, -0.2) is 8.07 Å². The summed E-state index contributed by atoms with van der Waals surface area (Å²) in [6.45, 7) is 0. The fourth-order valence-corrected chi connectivity index (χ4v) is 12.7. The highest BCUT2D eigenvalue weighted by Gasteiger charge is 2.41.